The summed E-state index contributed by atoms with van der Waals surface area (Å²) in [6, 6.07) is 0. The van der Waals surface area contributed by atoms with Crippen LogP contribution < -0.4 is 10.2 Å². The Bertz CT molecular complexity index is 419. The van der Waals surface area contributed by atoms with Crippen LogP contribution in [0.1, 0.15) is 31.0 Å². The molecule has 0 aliphatic carbocycles. The predicted molar refractivity (Wildman–Crippen MR) is 77.3 cm³/mol. The van der Waals surface area contributed by atoms with Gasteiger partial charge in [-0.2, -0.15) is 5.10 Å². The van der Waals surface area contributed by atoms with E-state index in [9.17, 15) is 5.11 Å². The van der Waals surface area contributed by atoms with Gasteiger partial charge in [0, 0.05) is 32.2 Å². The molecule has 108 valence electrons. The highest BCUT2D eigenvalue weighted by Crippen LogP contribution is 2.29. The summed E-state index contributed by atoms with van der Waals surface area (Å²) in [6.45, 7) is 6.83. The molecule has 0 bridgehead atoms. The topological polar surface area (TPSA) is 53.3 Å². The van der Waals surface area contributed by atoms with Gasteiger partial charge in [0.05, 0.1) is 11.8 Å². The van der Waals surface area contributed by atoms with E-state index < -0.39 is 0 Å². The maximum atomic E-state index is 9.69. The fourth-order valence-corrected chi connectivity index (χ4v) is 3.06. The molecule has 1 aromatic heterocycles. The number of nitrogens with one attached hydrogen (secondary N) is 1. The molecule has 1 aromatic rings. The van der Waals surface area contributed by atoms with Gasteiger partial charge in [-0.25, -0.2) is 0 Å². The van der Waals surface area contributed by atoms with Crippen LogP contribution >= 0.6 is 0 Å². The fourth-order valence-electron chi connectivity index (χ4n) is 3.06. The van der Waals surface area contributed by atoms with E-state index in [1.807, 2.05) is 25.7 Å². The molecular weight excluding hydrogens is 240 g/mol. The first kappa shape index (κ1) is 14.3. The number of hydrogen-bond donors (Lipinski definition) is 2. The summed E-state index contributed by atoms with van der Waals surface area (Å²) in [5.41, 5.74) is 2.39. The second-order valence-electron chi connectivity index (χ2n) is 5.61. The molecule has 1 saturated heterocycles. The van der Waals surface area contributed by atoms with Gasteiger partial charge in [0.1, 0.15) is 5.82 Å². The Hall–Kier alpha value is -1.07. The second kappa shape index (κ2) is 5.92. The van der Waals surface area contributed by atoms with Crippen molar-refractivity contribution in [2.75, 3.05) is 25.0 Å². The summed E-state index contributed by atoms with van der Waals surface area (Å²) in [6.07, 6.45) is 1.93. The molecule has 1 atom stereocenters. The number of anilines is 1. The Morgan fingerprint density at radius 2 is 2.05 bits per heavy atom. The molecule has 19 heavy (non-hydrogen) atoms. The quantitative estimate of drug-likeness (QED) is 0.855. The van der Waals surface area contributed by atoms with Crippen LogP contribution in [0.15, 0.2) is 0 Å². The summed E-state index contributed by atoms with van der Waals surface area (Å²) in [4.78, 5) is 2.41. The Morgan fingerprint density at radius 1 is 1.42 bits per heavy atom. The lowest BCUT2D eigenvalue weighted by Crippen LogP contribution is -2.38. The predicted octanol–water partition coefficient (Wildman–Crippen LogP) is 1.05. The number of piperidine rings is 1. The van der Waals surface area contributed by atoms with Crippen LogP contribution in [0.25, 0.3) is 0 Å². The van der Waals surface area contributed by atoms with E-state index in [2.05, 4.69) is 22.2 Å². The Labute approximate surface area is 115 Å². The molecule has 1 fully saturated rings. The van der Waals surface area contributed by atoms with Crippen molar-refractivity contribution < 1.29 is 5.11 Å². The summed E-state index contributed by atoms with van der Waals surface area (Å²) in [5, 5.41) is 17.5. The van der Waals surface area contributed by atoms with Crippen LogP contribution in [0.3, 0.4) is 0 Å². The molecule has 5 nitrogen and oxygen atoms in total. The normalized spacial score (nSPS) is 18.9. The largest absolute Gasteiger partial charge is 0.393 e. The van der Waals surface area contributed by atoms with Gasteiger partial charge in [0.2, 0.25) is 0 Å². The van der Waals surface area contributed by atoms with Gasteiger partial charge < -0.3 is 15.3 Å². The van der Waals surface area contributed by atoms with Crippen LogP contribution in [-0.4, -0.2) is 41.1 Å². The van der Waals surface area contributed by atoms with E-state index in [0.717, 1.165) is 38.2 Å². The first-order valence-electron chi connectivity index (χ1n) is 7.14. The van der Waals surface area contributed by atoms with Crippen LogP contribution in [0.5, 0.6) is 0 Å². The van der Waals surface area contributed by atoms with Gasteiger partial charge in [-0.3, -0.25) is 4.68 Å². The minimum Gasteiger partial charge on any atom is -0.393 e. The van der Waals surface area contributed by atoms with Crippen molar-refractivity contribution in [3.05, 3.63) is 11.3 Å². The van der Waals surface area contributed by atoms with E-state index in [4.69, 9.17) is 0 Å². The molecule has 0 spiro atoms. The van der Waals surface area contributed by atoms with E-state index in [1.165, 1.54) is 11.4 Å². The van der Waals surface area contributed by atoms with E-state index in [1.54, 1.807) is 0 Å². The van der Waals surface area contributed by atoms with Crippen LogP contribution in [-0.2, 0) is 13.6 Å². The summed E-state index contributed by atoms with van der Waals surface area (Å²) < 4.78 is 1.99. The molecule has 1 unspecified atom stereocenters. The summed E-state index contributed by atoms with van der Waals surface area (Å²) >= 11 is 0. The lowest BCUT2D eigenvalue weighted by molar-refractivity contribution is 0.109. The van der Waals surface area contributed by atoms with Crippen molar-refractivity contribution in [1.29, 1.82) is 0 Å². The first-order chi connectivity index (χ1) is 9.04. The molecule has 2 rings (SSSR count). The van der Waals surface area contributed by atoms with Crippen molar-refractivity contribution in [2.24, 2.45) is 13.0 Å². The molecule has 2 N–H and O–H groups in total. The third-order valence-electron chi connectivity index (χ3n) is 4.19. The van der Waals surface area contributed by atoms with Crippen molar-refractivity contribution in [1.82, 2.24) is 15.1 Å². The third kappa shape index (κ3) is 2.92. The molecule has 2 heterocycles. The zero-order valence-electron chi connectivity index (χ0n) is 12.5. The lowest BCUT2D eigenvalue weighted by Gasteiger charge is -2.35. The van der Waals surface area contributed by atoms with Crippen LogP contribution in [0.4, 0.5) is 5.82 Å². The molecule has 5 heteroatoms. The molecule has 0 amide bonds. The van der Waals surface area contributed by atoms with Gasteiger partial charge in [-0.15, -0.1) is 0 Å². The van der Waals surface area contributed by atoms with Crippen molar-refractivity contribution in [3.63, 3.8) is 0 Å². The first-order valence-corrected chi connectivity index (χ1v) is 7.14. The number of rotatable bonds is 4. The number of aliphatic hydroxyl groups is 1. The Morgan fingerprint density at radius 3 is 2.58 bits per heavy atom. The second-order valence-corrected chi connectivity index (χ2v) is 5.61. The SMILES string of the molecule is CNCc1c(C)nn(C)c1N1CCC(C(C)O)CC1. The molecule has 0 radical (unpaired) electrons. The van der Waals surface area contributed by atoms with Gasteiger partial charge in [0.15, 0.2) is 0 Å². The van der Waals surface area contributed by atoms with E-state index in [-0.39, 0.29) is 6.10 Å². The number of aliphatic hydroxyl groups excluding tert-OH is 1. The van der Waals surface area contributed by atoms with Crippen molar-refractivity contribution in [3.8, 4) is 0 Å². The van der Waals surface area contributed by atoms with Crippen LogP contribution in [0, 0.1) is 12.8 Å². The van der Waals surface area contributed by atoms with Gasteiger partial charge in [0.25, 0.3) is 0 Å². The highest BCUT2D eigenvalue weighted by Gasteiger charge is 2.26. The highest BCUT2D eigenvalue weighted by molar-refractivity contribution is 5.50. The number of aryl methyl sites for hydroxylation is 2. The number of hydrogen-bond acceptors (Lipinski definition) is 4. The Balaban J connectivity index is 2.15. The molecule has 1 aliphatic heterocycles. The van der Waals surface area contributed by atoms with Crippen molar-refractivity contribution in [2.45, 2.75) is 39.3 Å². The van der Waals surface area contributed by atoms with E-state index in [0.29, 0.717) is 5.92 Å². The highest BCUT2D eigenvalue weighted by atomic mass is 16.3. The molecule has 0 aromatic carbocycles. The zero-order valence-corrected chi connectivity index (χ0v) is 12.5. The average Bonchev–Trinajstić information content (AvgIpc) is 2.65. The summed E-state index contributed by atoms with van der Waals surface area (Å²) in [5.74, 6) is 1.68. The van der Waals surface area contributed by atoms with Crippen LogP contribution in [0.2, 0.25) is 0 Å². The molecular formula is C14H26N4O. The monoisotopic (exact) mass is 266 g/mol. The molecule has 0 saturated carbocycles. The van der Waals surface area contributed by atoms with Crippen molar-refractivity contribution >= 4 is 5.82 Å². The molecule has 1 aliphatic rings. The number of nitrogens with zero attached hydrogens (tertiary/aromatic N) is 3. The smallest absolute Gasteiger partial charge is 0.131 e. The van der Waals surface area contributed by atoms with Gasteiger partial charge in [-0.1, -0.05) is 0 Å². The lowest BCUT2D eigenvalue weighted by atomic mass is 9.92. The standard InChI is InChI=1S/C14H26N4O/c1-10-13(9-15-3)14(17(4)16-10)18-7-5-12(6-8-18)11(2)19/h11-12,15,19H,5-9H2,1-4H3. The van der Waals surface area contributed by atoms with Gasteiger partial charge >= 0.3 is 0 Å². The van der Waals surface area contributed by atoms with Gasteiger partial charge in [-0.05, 0) is 39.7 Å². The third-order valence-corrected chi connectivity index (χ3v) is 4.19. The summed E-state index contributed by atoms with van der Waals surface area (Å²) in [7, 11) is 3.98. The minimum atomic E-state index is -0.188. The maximum Gasteiger partial charge on any atom is 0.131 e. The Kier molecular flexibility index (Phi) is 4.47. The van der Waals surface area contributed by atoms with E-state index >= 15 is 0 Å². The number of aromatic nitrogens is 2. The maximum absolute atomic E-state index is 9.69. The average molecular weight is 266 g/mol. The zero-order chi connectivity index (χ0) is 14.0. The minimum absolute atomic E-state index is 0.188. The fraction of sp³-hybridized carbons (Fsp3) is 0.786.